The minimum Gasteiger partial charge on any atom is -0.508 e. The van der Waals surface area contributed by atoms with Gasteiger partial charge in [-0.25, -0.2) is 0 Å². The van der Waals surface area contributed by atoms with E-state index in [9.17, 15) is 39.9 Å². The molecule has 3 aliphatic carbocycles. The van der Waals surface area contributed by atoms with Crippen LogP contribution in [0.3, 0.4) is 0 Å². The fraction of sp³-hybridized carbons (Fsp3) is 0.409. The number of hydrogen-bond acceptors (Lipinski definition) is 9. The molecule has 0 aliphatic heterocycles. The van der Waals surface area contributed by atoms with Crippen LogP contribution >= 0.6 is 0 Å². The number of ketones is 2. The maximum atomic E-state index is 13.6. The smallest absolute Gasteiger partial charge is 0.255 e. The second-order valence-electron chi connectivity index (χ2n) is 8.80. The molecule has 7 N–H and O–H groups in total. The van der Waals surface area contributed by atoms with E-state index in [1.807, 2.05) is 0 Å². The number of nitrogens with zero attached hydrogens (tertiary/aromatic N) is 1. The number of hydrogen-bond donors (Lipinski definition) is 6. The number of primary amides is 1. The second kappa shape index (κ2) is 6.89. The highest BCUT2D eigenvalue weighted by atomic mass is 16.4. The normalized spacial score (nSPS) is 32.1. The Kier molecular flexibility index (Phi) is 4.74. The van der Waals surface area contributed by atoms with Crippen LogP contribution in [0.15, 0.2) is 29.0 Å². The maximum absolute atomic E-state index is 13.6. The van der Waals surface area contributed by atoms with Gasteiger partial charge >= 0.3 is 0 Å². The number of likely N-dealkylation sites (N-methyl/N-ethyl adjacent to an activating group) is 1. The Morgan fingerprint density at radius 2 is 1.81 bits per heavy atom. The molecule has 0 spiro atoms. The summed E-state index contributed by atoms with van der Waals surface area (Å²) in [5, 5.41) is 54.8. The van der Waals surface area contributed by atoms with Gasteiger partial charge in [0, 0.05) is 11.5 Å². The number of carbonyl (C=O) groups excluding carboxylic acids is 3. The summed E-state index contributed by atoms with van der Waals surface area (Å²) in [6.45, 7) is 1.74. The van der Waals surface area contributed by atoms with Gasteiger partial charge in [-0.2, -0.15) is 0 Å². The van der Waals surface area contributed by atoms with Crippen molar-refractivity contribution in [3.8, 4) is 5.75 Å². The number of benzene rings is 1. The monoisotopic (exact) mass is 444 g/mol. The summed E-state index contributed by atoms with van der Waals surface area (Å²) < 4.78 is 0. The molecular formula is C22H24N2O8. The molecule has 170 valence electrons. The molecule has 0 radical (unpaired) electrons. The summed E-state index contributed by atoms with van der Waals surface area (Å²) in [5.41, 5.74) is 2.24. The average Bonchev–Trinajstić information content (AvgIpc) is 2.70. The standard InChI is InChI=1S/C22H24N2O8/c1-7-4-5-10(25)11-8(7)6-9-12(17(11)27)19(29)22(32)14(16(9)26)15(24(2)3)18(28)13(20(22)30)21(23)31/h4-5,9,14-16,25-27,30,32H,6H2,1-3H3,(H2,23,31). The van der Waals surface area contributed by atoms with Crippen molar-refractivity contribution >= 4 is 23.2 Å². The van der Waals surface area contributed by atoms with Gasteiger partial charge in [-0.1, -0.05) is 6.07 Å². The van der Waals surface area contributed by atoms with Gasteiger partial charge in [-0.15, -0.1) is 0 Å². The first-order valence-corrected chi connectivity index (χ1v) is 9.99. The second-order valence-corrected chi connectivity index (χ2v) is 8.80. The Hall–Kier alpha value is -3.21. The molecular weight excluding hydrogens is 420 g/mol. The molecule has 5 unspecified atom stereocenters. The van der Waals surface area contributed by atoms with Gasteiger partial charge in [0.1, 0.15) is 22.8 Å². The van der Waals surface area contributed by atoms with Crippen LogP contribution in [0.5, 0.6) is 5.75 Å². The first kappa shape index (κ1) is 22.0. The highest BCUT2D eigenvalue weighted by molar-refractivity contribution is 6.24. The third kappa shape index (κ3) is 2.54. The number of amides is 1. The number of nitrogens with two attached hydrogens (primary N) is 1. The van der Waals surface area contributed by atoms with E-state index in [0.717, 1.165) is 0 Å². The lowest BCUT2D eigenvalue weighted by atomic mass is 9.56. The van der Waals surface area contributed by atoms with Gasteiger partial charge in [-0.3, -0.25) is 19.3 Å². The SMILES string of the molecule is Cc1ccc(O)c2c1CC1C(=C2O)C(=O)C2(O)C(O)=C(C(N)=O)C(=O)C(N(C)C)C2C1O. The van der Waals surface area contributed by atoms with E-state index in [2.05, 4.69) is 0 Å². The predicted molar refractivity (Wildman–Crippen MR) is 110 cm³/mol. The van der Waals surface area contributed by atoms with E-state index in [-0.39, 0.29) is 17.7 Å². The van der Waals surface area contributed by atoms with Crippen LogP contribution in [-0.4, -0.2) is 79.7 Å². The van der Waals surface area contributed by atoms with Crippen LogP contribution in [0, 0.1) is 18.8 Å². The summed E-state index contributed by atoms with van der Waals surface area (Å²) in [6.07, 6.45) is -1.53. The minimum atomic E-state index is -2.89. The number of fused-ring (bicyclic) bond motifs is 3. The van der Waals surface area contributed by atoms with E-state index < -0.39 is 69.7 Å². The number of Topliss-reactive ketones (excluding diaryl/α,β-unsaturated/α-hetero) is 2. The number of aliphatic hydroxyl groups is 4. The summed E-state index contributed by atoms with van der Waals surface area (Å²) in [5.74, 6) is -8.19. The minimum absolute atomic E-state index is 0.00603. The largest absolute Gasteiger partial charge is 0.508 e. The van der Waals surface area contributed by atoms with Crippen molar-refractivity contribution in [2.45, 2.75) is 31.1 Å². The van der Waals surface area contributed by atoms with Gasteiger partial charge in [0.2, 0.25) is 5.78 Å². The number of carbonyl (C=O) groups is 3. The highest BCUT2D eigenvalue weighted by Gasteiger charge is 2.67. The Morgan fingerprint density at radius 1 is 1.19 bits per heavy atom. The van der Waals surface area contributed by atoms with Crippen LogP contribution in [-0.2, 0) is 20.8 Å². The third-order valence-electron chi connectivity index (χ3n) is 6.92. The van der Waals surface area contributed by atoms with E-state index in [0.29, 0.717) is 11.1 Å². The summed E-state index contributed by atoms with van der Waals surface area (Å²) >= 11 is 0. The van der Waals surface area contributed by atoms with Crippen molar-refractivity contribution < 1.29 is 39.9 Å². The summed E-state index contributed by atoms with van der Waals surface area (Å²) in [4.78, 5) is 39.8. The van der Waals surface area contributed by atoms with Crippen LogP contribution in [0.25, 0.3) is 5.76 Å². The molecule has 3 aliphatic rings. The number of aliphatic hydroxyl groups excluding tert-OH is 3. The Morgan fingerprint density at radius 3 is 2.38 bits per heavy atom. The van der Waals surface area contributed by atoms with Crippen molar-refractivity contribution in [2.24, 2.45) is 17.6 Å². The van der Waals surface area contributed by atoms with Gasteiger partial charge in [-0.05, 0) is 44.6 Å². The zero-order valence-corrected chi connectivity index (χ0v) is 17.7. The van der Waals surface area contributed by atoms with Crippen molar-refractivity contribution in [2.75, 3.05) is 14.1 Å². The molecule has 10 heteroatoms. The van der Waals surface area contributed by atoms with Gasteiger partial charge < -0.3 is 31.3 Å². The molecule has 0 saturated heterocycles. The number of phenols is 1. The van der Waals surface area contributed by atoms with Crippen LogP contribution in [0.2, 0.25) is 0 Å². The molecule has 32 heavy (non-hydrogen) atoms. The Labute approximate surface area is 182 Å². The zero-order chi connectivity index (χ0) is 23.9. The molecule has 4 rings (SSSR count). The topological polar surface area (TPSA) is 182 Å². The van der Waals surface area contributed by atoms with Crippen molar-refractivity contribution in [3.05, 3.63) is 45.7 Å². The van der Waals surface area contributed by atoms with Crippen molar-refractivity contribution in [1.82, 2.24) is 4.90 Å². The van der Waals surface area contributed by atoms with Crippen LogP contribution < -0.4 is 5.73 Å². The van der Waals surface area contributed by atoms with Crippen LogP contribution in [0.4, 0.5) is 0 Å². The molecule has 1 fully saturated rings. The molecule has 1 aromatic carbocycles. The summed E-state index contributed by atoms with van der Waals surface area (Å²) in [7, 11) is 2.92. The lowest BCUT2D eigenvalue weighted by molar-refractivity contribution is -0.168. The number of rotatable bonds is 2. The lowest BCUT2D eigenvalue weighted by Crippen LogP contribution is -2.70. The molecule has 5 atom stereocenters. The molecule has 0 aromatic heterocycles. The van der Waals surface area contributed by atoms with Crippen LogP contribution in [0.1, 0.15) is 16.7 Å². The van der Waals surface area contributed by atoms with E-state index >= 15 is 0 Å². The first-order chi connectivity index (χ1) is 14.8. The Bertz CT molecular complexity index is 1150. The first-order valence-electron chi connectivity index (χ1n) is 9.99. The van der Waals surface area contributed by atoms with E-state index in [1.165, 1.54) is 25.1 Å². The number of phenolic OH excluding ortho intramolecular Hbond substituents is 1. The van der Waals surface area contributed by atoms with E-state index in [1.54, 1.807) is 13.0 Å². The van der Waals surface area contributed by atoms with Crippen molar-refractivity contribution in [3.63, 3.8) is 0 Å². The maximum Gasteiger partial charge on any atom is 0.255 e. The Balaban J connectivity index is 2.05. The van der Waals surface area contributed by atoms with Gasteiger partial charge in [0.25, 0.3) is 5.91 Å². The molecule has 1 amide bonds. The molecule has 0 heterocycles. The fourth-order valence-corrected chi connectivity index (χ4v) is 5.41. The molecule has 10 nitrogen and oxygen atoms in total. The van der Waals surface area contributed by atoms with Gasteiger partial charge in [0.15, 0.2) is 11.4 Å². The molecule has 0 bridgehead atoms. The van der Waals surface area contributed by atoms with Crippen molar-refractivity contribution in [1.29, 1.82) is 0 Å². The fourth-order valence-electron chi connectivity index (χ4n) is 5.41. The molecule has 1 aromatic rings. The third-order valence-corrected chi connectivity index (χ3v) is 6.92. The highest BCUT2D eigenvalue weighted by Crippen LogP contribution is 2.52. The quantitative estimate of drug-likeness (QED) is 0.320. The predicted octanol–water partition coefficient (Wildman–Crippen LogP) is -0.757. The summed E-state index contributed by atoms with van der Waals surface area (Å²) in [6, 6.07) is 1.61. The number of aromatic hydroxyl groups is 1. The number of aryl methyl sites for hydroxylation is 1. The lowest BCUT2D eigenvalue weighted by Gasteiger charge is -2.52. The molecule has 1 saturated carbocycles. The van der Waals surface area contributed by atoms with E-state index in [4.69, 9.17) is 5.73 Å². The average molecular weight is 444 g/mol. The van der Waals surface area contributed by atoms with Gasteiger partial charge in [0.05, 0.1) is 23.6 Å². The zero-order valence-electron chi connectivity index (χ0n) is 17.7.